The van der Waals surface area contributed by atoms with Crippen LogP contribution < -0.4 is 15.4 Å². The molecule has 1 amide bonds. The number of carbonyl (C=O) groups excluding carboxylic acids is 1. The Bertz CT molecular complexity index is 1330. The SMILES string of the molecule is Cc1c(F)cccc1Nc1c(-c2ccncc2OC[C@@H]2OCC2(C)C)[nH]c2c1C(=O)NCC21CC1. The number of hydrogen-bond acceptors (Lipinski definition) is 5. The third kappa shape index (κ3) is 3.58. The van der Waals surface area contributed by atoms with E-state index in [9.17, 15) is 9.18 Å². The van der Waals surface area contributed by atoms with Gasteiger partial charge in [-0.15, -0.1) is 0 Å². The van der Waals surface area contributed by atoms with Crippen molar-refractivity contribution in [3.63, 3.8) is 0 Å². The lowest BCUT2D eigenvalue weighted by molar-refractivity contribution is -0.180. The van der Waals surface area contributed by atoms with Gasteiger partial charge < -0.3 is 25.1 Å². The molecule has 3 N–H and O–H groups in total. The second-order valence-electron chi connectivity index (χ2n) is 10.6. The summed E-state index contributed by atoms with van der Waals surface area (Å²) in [6.07, 6.45) is 5.40. The molecule has 7 nitrogen and oxygen atoms in total. The first kappa shape index (κ1) is 22.1. The normalized spacial score (nSPS) is 21.1. The summed E-state index contributed by atoms with van der Waals surface area (Å²) in [5.41, 5.74) is 4.73. The first-order chi connectivity index (χ1) is 16.8. The van der Waals surface area contributed by atoms with Crippen molar-refractivity contribution in [2.45, 2.75) is 45.1 Å². The molecule has 3 aliphatic rings. The van der Waals surface area contributed by atoms with Crippen LogP contribution in [0, 0.1) is 18.2 Å². The zero-order chi connectivity index (χ0) is 24.4. The van der Waals surface area contributed by atoms with Crippen LogP contribution in [0.3, 0.4) is 0 Å². The quantitative estimate of drug-likeness (QED) is 0.474. The highest BCUT2D eigenvalue weighted by Crippen LogP contribution is 2.54. The van der Waals surface area contributed by atoms with Crippen molar-refractivity contribution in [3.05, 3.63) is 59.3 Å². The van der Waals surface area contributed by atoms with Crippen molar-refractivity contribution in [1.82, 2.24) is 15.3 Å². The molecular formula is C27H29FN4O3. The smallest absolute Gasteiger partial charge is 0.255 e. The van der Waals surface area contributed by atoms with Gasteiger partial charge in [0.15, 0.2) is 0 Å². The van der Waals surface area contributed by atoms with Gasteiger partial charge in [-0.05, 0) is 38.0 Å². The van der Waals surface area contributed by atoms with Gasteiger partial charge >= 0.3 is 0 Å². The molecule has 8 heteroatoms. The number of aromatic amines is 1. The van der Waals surface area contributed by atoms with Gasteiger partial charge in [0.05, 0.1) is 35.9 Å². The molecule has 4 heterocycles. The maximum absolute atomic E-state index is 14.4. The molecule has 1 saturated heterocycles. The van der Waals surface area contributed by atoms with E-state index in [0.717, 1.165) is 29.8 Å². The lowest BCUT2D eigenvalue weighted by Gasteiger charge is -2.43. The van der Waals surface area contributed by atoms with Crippen molar-refractivity contribution >= 4 is 17.3 Å². The van der Waals surface area contributed by atoms with Gasteiger partial charge in [-0.25, -0.2) is 4.39 Å². The Hall–Kier alpha value is -3.39. The number of anilines is 2. The summed E-state index contributed by atoms with van der Waals surface area (Å²) in [4.78, 5) is 21.0. The second-order valence-corrected chi connectivity index (χ2v) is 10.6. The maximum atomic E-state index is 14.4. The van der Waals surface area contributed by atoms with Gasteiger partial charge in [0.1, 0.15) is 18.2 Å². The van der Waals surface area contributed by atoms with E-state index in [1.807, 2.05) is 12.1 Å². The predicted octanol–water partition coefficient (Wildman–Crippen LogP) is 4.85. The van der Waals surface area contributed by atoms with E-state index in [1.54, 1.807) is 25.4 Å². The van der Waals surface area contributed by atoms with Crippen molar-refractivity contribution in [2.24, 2.45) is 5.41 Å². The number of amides is 1. The Morgan fingerprint density at radius 3 is 2.83 bits per heavy atom. The molecule has 1 atom stereocenters. The molecule has 2 fully saturated rings. The summed E-state index contributed by atoms with van der Waals surface area (Å²) in [5, 5.41) is 6.43. The number of benzene rings is 1. The van der Waals surface area contributed by atoms with Gasteiger partial charge in [0, 0.05) is 46.1 Å². The molecule has 1 aliphatic carbocycles. The summed E-state index contributed by atoms with van der Waals surface area (Å²) in [5.74, 6) is 0.152. The van der Waals surface area contributed by atoms with Gasteiger partial charge in [-0.2, -0.15) is 0 Å². The number of nitrogens with one attached hydrogen (secondary N) is 3. The van der Waals surface area contributed by atoms with Crippen LogP contribution >= 0.6 is 0 Å². The molecule has 2 aromatic heterocycles. The highest BCUT2D eigenvalue weighted by atomic mass is 19.1. The van der Waals surface area contributed by atoms with Gasteiger partial charge in [0.25, 0.3) is 5.91 Å². The fourth-order valence-electron chi connectivity index (χ4n) is 5.01. The summed E-state index contributed by atoms with van der Waals surface area (Å²) in [6, 6.07) is 6.78. The monoisotopic (exact) mass is 476 g/mol. The molecule has 182 valence electrons. The molecule has 3 aromatic rings. The lowest BCUT2D eigenvalue weighted by atomic mass is 9.83. The third-order valence-corrected chi connectivity index (χ3v) is 7.70. The summed E-state index contributed by atoms with van der Waals surface area (Å²) in [7, 11) is 0. The molecule has 2 aliphatic heterocycles. The Kier molecular flexibility index (Phi) is 4.93. The zero-order valence-electron chi connectivity index (χ0n) is 20.1. The van der Waals surface area contributed by atoms with Crippen molar-refractivity contribution in [1.29, 1.82) is 0 Å². The minimum Gasteiger partial charge on any atom is -0.489 e. The van der Waals surface area contributed by atoms with E-state index < -0.39 is 0 Å². The number of pyridine rings is 1. The Morgan fingerprint density at radius 1 is 1.29 bits per heavy atom. The molecule has 1 spiro atoms. The fourth-order valence-corrected chi connectivity index (χ4v) is 5.01. The number of halogens is 1. The summed E-state index contributed by atoms with van der Waals surface area (Å²) < 4.78 is 26.3. The zero-order valence-corrected chi connectivity index (χ0v) is 20.1. The molecule has 0 radical (unpaired) electrons. The van der Waals surface area contributed by atoms with Crippen LogP contribution in [0.15, 0.2) is 36.7 Å². The van der Waals surface area contributed by atoms with Crippen LogP contribution in [0.2, 0.25) is 0 Å². The van der Waals surface area contributed by atoms with Gasteiger partial charge in [-0.1, -0.05) is 19.9 Å². The van der Waals surface area contributed by atoms with Gasteiger partial charge in [-0.3, -0.25) is 9.78 Å². The van der Waals surface area contributed by atoms with Crippen LogP contribution in [-0.2, 0) is 10.2 Å². The largest absolute Gasteiger partial charge is 0.489 e. The summed E-state index contributed by atoms with van der Waals surface area (Å²) >= 11 is 0. The molecule has 1 saturated carbocycles. The van der Waals surface area contributed by atoms with E-state index in [1.165, 1.54) is 6.07 Å². The van der Waals surface area contributed by atoms with E-state index in [4.69, 9.17) is 9.47 Å². The van der Waals surface area contributed by atoms with Crippen LogP contribution in [0.1, 0.15) is 48.3 Å². The fraction of sp³-hybridized carbons (Fsp3) is 0.407. The molecule has 35 heavy (non-hydrogen) atoms. The average molecular weight is 477 g/mol. The van der Waals surface area contributed by atoms with E-state index in [2.05, 4.69) is 34.4 Å². The summed E-state index contributed by atoms with van der Waals surface area (Å²) in [6.45, 7) is 7.77. The van der Waals surface area contributed by atoms with Crippen molar-refractivity contribution in [2.75, 3.05) is 25.1 Å². The Balaban J connectivity index is 1.45. The van der Waals surface area contributed by atoms with Crippen molar-refractivity contribution in [3.8, 4) is 17.0 Å². The van der Waals surface area contributed by atoms with Crippen LogP contribution in [0.4, 0.5) is 15.8 Å². The Labute approximate surface area is 203 Å². The van der Waals surface area contributed by atoms with E-state index in [-0.39, 0.29) is 28.7 Å². The van der Waals surface area contributed by atoms with Gasteiger partial charge in [0.2, 0.25) is 0 Å². The topological polar surface area (TPSA) is 88.3 Å². The first-order valence-corrected chi connectivity index (χ1v) is 12.0. The van der Waals surface area contributed by atoms with Crippen LogP contribution in [0.25, 0.3) is 11.3 Å². The molecule has 6 rings (SSSR count). The Morgan fingerprint density at radius 2 is 2.11 bits per heavy atom. The standard InChI is InChI=1S/C27H29FN4O3/c1-15-17(28)5-4-6-18(15)31-23-21-24(27(8-9-27)13-30-25(21)33)32-22(23)16-7-10-29-11-19(16)34-12-20-26(2,3)14-35-20/h4-7,10-11,20,31-32H,8-9,12-14H2,1-3H3,(H,30,33)/t20-/m0/s1. The second kappa shape index (κ2) is 7.81. The lowest BCUT2D eigenvalue weighted by Crippen LogP contribution is -2.50. The first-order valence-electron chi connectivity index (χ1n) is 12.0. The van der Waals surface area contributed by atoms with E-state index in [0.29, 0.717) is 48.0 Å². The molecule has 0 unspecified atom stereocenters. The van der Waals surface area contributed by atoms with Crippen molar-refractivity contribution < 1.29 is 18.7 Å². The highest BCUT2D eigenvalue weighted by molar-refractivity contribution is 6.07. The number of fused-ring (bicyclic) bond motifs is 2. The number of ether oxygens (including phenoxy) is 2. The number of hydrogen-bond donors (Lipinski definition) is 3. The predicted molar refractivity (Wildman–Crippen MR) is 131 cm³/mol. The average Bonchev–Trinajstić information content (AvgIpc) is 3.52. The maximum Gasteiger partial charge on any atom is 0.255 e. The number of carbonyl (C=O) groups is 1. The molecule has 1 aromatic carbocycles. The third-order valence-electron chi connectivity index (χ3n) is 7.70. The minimum atomic E-state index is -0.305. The number of rotatable bonds is 6. The number of aromatic nitrogens is 2. The molecule has 0 bridgehead atoms. The van der Waals surface area contributed by atoms with Crippen LogP contribution in [-0.4, -0.2) is 41.7 Å². The van der Waals surface area contributed by atoms with Crippen LogP contribution in [0.5, 0.6) is 5.75 Å². The highest BCUT2D eigenvalue weighted by Gasteiger charge is 2.52. The number of nitrogens with zero attached hydrogens (tertiary/aromatic N) is 1. The van der Waals surface area contributed by atoms with E-state index >= 15 is 0 Å². The molecular weight excluding hydrogens is 447 g/mol. The number of H-pyrrole nitrogens is 1. The minimum absolute atomic E-state index is 0.000420.